The van der Waals surface area contributed by atoms with Crippen molar-refractivity contribution in [3.8, 4) is 0 Å². The largest absolute Gasteiger partial charge is 0.348 e. The summed E-state index contributed by atoms with van der Waals surface area (Å²) in [7, 11) is 0. The fourth-order valence-corrected chi connectivity index (χ4v) is 3.53. The van der Waals surface area contributed by atoms with Gasteiger partial charge in [-0.05, 0) is 36.8 Å². The van der Waals surface area contributed by atoms with E-state index in [1.807, 2.05) is 31.2 Å². The van der Waals surface area contributed by atoms with Gasteiger partial charge in [0.25, 0.3) is 0 Å². The summed E-state index contributed by atoms with van der Waals surface area (Å²) in [5, 5.41) is 2.85. The van der Waals surface area contributed by atoms with Crippen LogP contribution in [0.15, 0.2) is 53.4 Å². The van der Waals surface area contributed by atoms with Crippen molar-refractivity contribution in [2.24, 2.45) is 0 Å². The molecule has 124 valence electrons. The topological polar surface area (TPSA) is 49.4 Å². The molecule has 0 unspecified atom stereocenters. The van der Waals surface area contributed by atoms with Crippen LogP contribution in [0.3, 0.4) is 0 Å². The lowest BCUT2D eigenvalue weighted by molar-refractivity contribution is -0.123. The Labute approximate surface area is 144 Å². The van der Waals surface area contributed by atoms with Gasteiger partial charge in [-0.3, -0.25) is 9.59 Å². The van der Waals surface area contributed by atoms with Crippen molar-refractivity contribution >= 4 is 29.3 Å². The summed E-state index contributed by atoms with van der Waals surface area (Å²) in [5.74, 6) is -0.312. The van der Waals surface area contributed by atoms with Gasteiger partial charge in [-0.2, -0.15) is 0 Å². The molecule has 2 amide bonds. The molecule has 6 heteroatoms. The summed E-state index contributed by atoms with van der Waals surface area (Å²) < 4.78 is 13.0. The molecular formula is C18H17FN2O2S. The van der Waals surface area contributed by atoms with Gasteiger partial charge in [0.2, 0.25) is 11.8 Å². The van der Waals surface area contributed by atoms with Crippen LogP contribution in [0.25, 0.3) is 0 Å². The molecule has 1 heterocycles. The summed E-state index contributed by atoms with van der Waals surface area (Å²) in [6.07, 6.45) is 0. The highest BCUT2D eigenvalue weighted by Crippen LogP contribution is 2.34. The lowest BCUT2D eigenvalue weighted by Gasteiger charge is -2.28. The van der Waals surface area contributed by atoms with Crippen molar-refractivity contribution in [1.29, 1.82) is 0 Å². The van der Waals surface area contributed by atoms with Crippen LogP contribution >= 0.6 is 11.8 Å². The maximum atomic E-state index is 13.0. The highest BCUT2D eigenvalue weighted by atomic mass is 32.2. The lowest BCUT2D eigenvalue weighted by Crippen LogP contribution is -2.43. The maximum absolute atomic E-state index is 13.0. The van der Waals surface area contributed by atoms with E-state index in [1.54, 1.807) is 12.1 Å². The van der Waals surface area contributed by atoms with Gasteiger partial charge in [-0.1, -0.05) is 24.3 Å². The number of para-hydroxylation sites is 1. The van der Waals surface area contributed by atoms with E-state index in [0.717, 1.165) is 16.1 Å². The third-order valence-electron chi connectivity index (χ3n) is 3.86. The molecule has 0 fully saturated rings. The first-order valence-corrected chi connectivity index (χ1v) is 8.60. The third kappa shape index (κ3) is 3.59. The van der Waals surface area contributed by atoms with Crippen molar-refractivity contribution < 1.29 is 14.0 Å². The molecule has 0 spiro atoms. The molecule has 24 heavy (non-hydrogen) atoms. The summed E-state index contributed by atoms with van der Waals surface area (Å²) in [5.41, 5.74) is 1.58. The minimum atomic E-state index is -0.315. The quantitative estimate of drug-likeness (QED) is 0.927. The molecule has 3 rings (SSSR count). The predicted octanol–water partition coefficient (Wildman–Crippen LogP) is 3.14. The Bertz CT molecular complexity index is 764. The molecule has 1 aliphatic rings. The van der Waals surface area contributed by atoms with E-state index in [1.165, 1.54) is 28.8 Å². The van der Waals surface area contributed by atoms with Crippen LogP contribution in [0.4, 0.5) is 10.1 Å². The van der Waals surface area contributed by atoms with E-state index >= 15 is 0 Å². The number of thioether (sulfide) groups is 1. The zero-order valence-electron chi connectivity index (χ0n) is 13.2. The fraction of sp³-hybridized carbons (Fsp3) is 0.222. The molecular weight excluding hydrogens is 327 g/mol. The second kappa shape index (κ2) is 7.05. The Balaban J connectivity index is 1.68. The monoisotopic (exact) mass is 344 g/mol. The van der Waals surface area contributed by atoms with E-state index in [-0.39, 0.29) is 30.2 Å². The highest BCUT2D eigenvalue weighted by Gasteiger charge is 2.26. The molecule has 0 aromatic heterocycles. The molecule has 0 aliphatic carbocycles. The number of nitrogens with one attached hydrogen (secondary N) is 1. The van der Waals surface area contributed by atoms with Crippen LogP contribution in [-0.2, 0) is 9.59 Å². The average molecular weight is 344 g/mol. The fourth-order valence-electron chi connectivity index (χ4n) is 2.59. The number of fused-ring (bicyclic) bond motifs is 1. The average Bonchev–Trinajstić information content (AvgIpc) is 2.58. The highest BCUT2D eigenvalue weighted by molar-refractivity contribution is 8.00. The summed E-state index contributed by atoms with van der Waals surface area (Å²) in [6.45, 7) is 1.80. The molecule has 0 bridgehead atoms. The Kier molecular flexibility index (Phi) is 4.85. The van der Waals surface area contributed by atoms with E-state index in [2.05, 4.69) is 5.32 Å². The molecule has 0 saturated heterocycles. The minimum absolute atomic E-state index is 0.0259. The number of anilines is 1. The van der Waals surface area contributed by atoms with Crippen LogP contribution in [0.5, 0.6) is 0 Å². The lowest BCUT2D eigenvalue weighted by atomic mass is 10.1. The maximum Gasteiger partial charge on any atom is 0.240 e. The van der Waals surface area contributed by atoms with Gasteiger partial charge in [0.1, 0.15) is 12.4 Å². The zero-order chi connectivity index (χ0) is 17.1. The number of hydrogen-bond acceptors (Lipinski definition) is 3. The second-order valence-corrected chi connectivity index (χ2v) is 6.59. The number of carbonyl (C=O) groups is 2. The Morgan fingerprint density at radius 1 is 1.25 bits per heavy atom. The molecule has 2 aromatic rings. The van der Waals surface area contributed by atoms with Gasteiger partial charge >= 0.3 is 0 Å². The smallest absolute Gasteiger partial charge is 0.240 e. The van der Waals surface area contributed by atoms with Gasteiger partial charge in [-0.25, -0.2) is 4.39 Å². The van der Waals surface area contributed by atoms with Crippen LogP contribution in [0.2, 0.25) is 0 Å². The molecule has 4 nitrogen and oxygen atoms in total. The molecule has 1 aliphatic heterocycles. The van der Waals surface area contributed by atoms with Crippen LogP contribution in [0.1, 0.15) is 18.5 Å². The van der Waals surface area contributed by atoms with Crippen molar-refractivity contribution in [1.82, 2.24) is 5.32 Å². The summed E-state index contributed by atoms with van der Waals surface area (Å²) in [4.78, 5) is 27.0. The van der Waals surface area contributed by atoms with Crippen LogP contribution in [0, 0.1) is 5.82 Å². The van der Waals surface area contributed by atoms with Crippen LogP contribution in [-0.4, -0.2) is 24.1 Å². The number of nitrogens with zero attached hydrogens (tertiary/aromatic N) is 1. The van der Waals surface area contributed by atoms with E-state index in [4.69, 9.17) is 0 Å². The van der Waals surface area contributed by atoms with Crippen molar-refractivity contribution in [2.45, 2.75) is 17.9 Å². The number of carbonyl (C=O) groups excluding carboxylic acids is 2. The Morgan fingerprint density at radius 3 is 2.71 bits per heavy atom. The first kappa shape index (κ1) is 16.5. The van der Waals surface area contributed by atoms with E-state index in [0.29, 0.717) is 5.75 Å². The summed E-state index contributed by atoms with van der Waals surface area (Å²) >= 11 is 1.48. The zero-order valence-corrected chi connectivity index (χ0v) is 14.0. The molecule has 1 N–H and O–H groups in total. The van der Waals surface area contributed by atoms with E-state index in [9.17, 15) is 14.0 Å². The number of amides is 2. The normalized spacial score (nSPS) is 14.9. The minimum Gasteiger partial charge on any atom is -0.348 e. The van der Waals surface area contributed by atoms with Crippen LogP contribution < -0.4 is 10.2 Å². The Hall–Kier alpha value is -2.34. The van der Waals surface area contributed by atoms with Crippen molar-refractivity contribution in [3.05, 3.63) is 59.9 Å². The standard InChI is InChI=1S/C18H17FN2O2S/c1-12(13-6-8-14(19)9-7-13)20-17(22)10-21-15-4-2-3-5-16(15)24-11-18(21)23/h2-9,12H,10-11H2,1H3,(H,20,22)/t12-/m0/s1. The SMILES string of the molecule is C[C@H](NC(=O)CN1C(=O)CSc2ccccc21)c1ccc(F)cc1. The number of hydrogen-bond donors (Lipinski definition) is 1. The Morgan fingerprint density at radius 2 is 1.96 bits per heavy atom. The van der Waals surface area contributed by atoms with Gasteiger partial charge < -0.3 is 10.2 Å². The summed E-state index contributed by atoms with van der Waals surface area (Å²) in [6, 6.07) is 13.3. The van der Waals surface area contributed by atoms with E-state index < -0.39 is 0 Å². The number of rotatable bonds is 4. The molecule has 2 aromatic carbocycles. The molecule has 0 saturated carbocycles. The van der Waals surface area contributed by atoms with Crippen molar-refractivity contribution in [3.63, 3.8) is 0 Å². The van der Waals surface area contributed by atoms with Gasteiger partial charge in [0, 0.05) is 4.90 Å². The first-order chi connectivity index (χ1) is 11.5. The number of benzene rings is 2. The van der Waals surface area contributed by atoms with Gasteiger partial charge in [-0.15, -0.1) is 11.8 Å². The van der Waals surface area contributed by atoms with Crippen molar-refractivity contribution in [2.75, 3.05) is 17.2 Å². The predicted molar refractivity (Wildman–Crippen MR) is 92.5 cm³/mol. The third-order valence-corrected chi connectivity index (χ3v) is 4.90. The molecule has 1 atom stereocenters. The first-order valence-electron chi connectivity index (χ1n) is 7.61. The molecule has 0 radical (unpaired) electrons. The van der Waals surface area contributed by atoms with Gasteiger partial charge in [0.05, 0.1) is 17.5 Å². The van der Waals surface area contributed by atoms with Gasteiger partial charge in [0.15, 0.2) is 0 Å². The second-order valence-electron chi connectivity index (χ2n) is 5.58. The number of halogens is 1.